The Morgan fingerprint density at radius 1 is 1.09 bits per heavy atom. The number of hydrogen-bond donors (Lipinski definition) is 1. The first kappa shape index (κ1) is 16.8. The zero-order valence-corrected chi connectivity index (χ0v) is 14.2. The molecule has 1 N–H and O–H groups in total. The molecule has 0 saturated heterocycles. The summed E-state index contributed by atoms with van der Waals surface area (Å²) in [5.41, 5.74) is 2.14. The first-order valence-corrected chi connectivity index (χ1v) is 8.23. The number of rotatable bonds is 7. The Morgan fingerprint density at radius 2 is 1.77 bits per heavy atom. The molecule has 0 bridgehead atoms. The molecule has 0 heterocycles. The molecular formula is C18H20ClNOS. The van der Waals surface area contributed by atoms with Crippen LogP contribution in [0.3, 0.4) is 0 Å². The molecule has 0 radical (unpaired) electrons. The Bertz CT molecular complexity index is 595. The number of halogens is 1. The van der Waals surface area contributed by atoms with Crippen molar-refractivity contribution in [1.29, 1.82) is 0 Å². The Morgan fingerprint density at radius 3 is 2.41 bits per heavy atom. The van der Waals surface area contributed by atoms with Crippen molar-refractivity contribution >= 4 is 28.8 Å². The average molecular weight is 334 g/mol. The van der Waals surface area contributed by atoms with Crippen molar-refractivity contribution in [3.05, 3.63) is 64.7 Å². The normalized spacial score (nSPS) is 10.3. The van der Waals surface area contributed by atoms with E-state index in [9.17, 15) is 0 Å². The summed E-state index contributed by atoms with van der Waals surface area (Å²) in [6.45, 7) is 3.59. The lowest BCUT2D eigenvalue weighted by Crippen LogP contribution is -2.21. The minimum absolute atomic E-state index is 0.685. The van der Waals surface area contributed by atoms with Gasteiger partial charge in [0, 0.05) is 17.1 Å². The molecule has 0 aliphatic carbocycles. The van der Waals surface area contributed by atoms with Crippen LogP contribution in [-0.2, 0) is 6.54 Å². The van der Waals surface area contributed by atoms with E-state index in [2.05, 4.69) is 12.2 Å². The molecule has 2 rings (SSSR count). The Kier molecular flexibility index (Phi) is 6.69. The van der Waals surface area contributed by atoms with Gasteiger partial charge in [-0.1, -0.05) is 49.3 Å². The number of unbranched alkanes of at least 4 members (excludes halogenated alkanes) is 1. The highest BCUT2D eigenvalue weighted by Crippen LogP contribution is 2.14. The molecule has 116 valence electrons. The predicted octanol–water partition coefficient (Wildman–Crippen LogP) is 4.98. The second-order valence-corrected chi connectivity index (χ2v) is 5.88. The van der Waals surface area contributed by atoms with Crippen LogP contribution >= 0.6 is 23.8 Å². The maximum atomic E-state index is 5.87. The first-order chi connectivity index (χ1) is 10.7. The smallest absolute Gasteiger partial charge is 0.119 e. The summed E-state index contributed by atoms with van der Waals surface area (Å²) in [6.07, 6.45) is 2.21. The summed E-state index contributed by atoms with van der Waals surface area (Å²) >= 11 is 11.3. The molecule has 0 aromatic heterocycles. The van der Waals surface area contributed by atoms with Crippen molar-refractivity contribution in [3.8, 4) is 5.75 Å². The molecule has 2 aromatic rings. The van der Waals surface area contributed by atoms with Crippen LogP contribution in [0.5, 0.6) is 5.75 Å². The van der Waals surface area contributed by atoms with E-state index in [1.807, 2.05) is 48.5 Å². The summed E-state index contributed by atoms with van der Waals surface area (Å²) in [6, 6.07) is 15.6. The van der Waals surface area contributed by atoms with Crippen LogP contribution < -0.4 is 10.1 Å². The third-order valence-electron chi connectivity index (χ3n) is 3.25. The van der Waals surface area contributed by atoms with Gasteiger partial charge in [-0.05, 0) is 48.4 Å². The second-order valence-electron chi connectivity index (χ2n) is 5.04. The lowest BCUT2D eigenvalue weighted by Gasteiger charge is -2.10. The van der Waals surface area contributed by atoms with Crippen molar-refractivity contribution < 1.29 is 4.74 Å². The van der Waals surface area contributed by atoms with Gasteiger partial charge in [0.05, 0.1) is 6.61 Å². The molecule has 0 saturated carbocycles. The Labute approximate surface area is 142 Å². The quantitative estimate of drug-likeness (QED) is 0.570. The van der Waals surface area contributed by atoms with Crippen LogP contribution in [0, 0.1) is 0 Å². The number of thiocarbonyl (C=S) groups is 1. The number of nitrogens with one attached hydrogen (secondary N) is 1. The SMILES string of the molecule is CCCCOc1ccc(C(=S)NCc2ccc(Cl)cc2)cc1. The van der Waals surface area contributed by atoms with Crippen LogP contribution in [0.1, 0.15) is 30.9 Å². The summed E-state index contributed by atoms with van der Waals surface area (Å²) in [5.74, 6) is 0.887. The average Bonchev–Trinajstić information content (AvgIpc) is 2.55. The van der Waals surface area contributed by atoms with E-state index in [1.165, 1.54) is 0 Å². The van der Waals surface area contributed by atoms with Crippen molar-refractivity contribution in [3.63, 3.8) is 0 Å². The molecule has 0 unspecified atom stereocenters. The van der Waals surface area contributed by atoms with Crippen LogP contribution in [0.25, 0.3) is 0 Å². The molecule has 0 amide bonds. The summed E-state index contributed by atoms with van der Waals surface area (Å²) in [7, 11) is 0. The van der Waals surface area contributed by atoms with Crippen LogP contribution in [0.2, 0.25) is 5.02 Å². The van der Waals surface area contributed by atoms with E-state index in [4.69, 9.17) is 28.6 Å². The molecule has 22 heavy (non-hydrogen) atoms. The number of benzene rings is 2. The maximum absolute atomic E-state index is 5.87. The monoisotopic (exact) mass is 333 g/mol. The highest BCUT2D eigenvalue weighted by atomic mass is 35.5. The number of ether oxygens (including phenoxy) is 1. The van der Waals surface area contributed by atoms with E-state index in [0.29, 0.717) is 6.54 Å². The maximum Gasteiger partial charge on any atom is 0.119 e. The van der Waals surface area contributed by atoms with Gasteiger partial charge in [-0.2, -0.15) is 0 Å². The molecule has 0 fully saturated rings. The highest BCUT2D eigenvalue weighted by Gasteiger charge is 2.02. The number of hydrogen-bond acceptors (Lipinski definition) is 2. The fourth-order valence-corrected chi connectivity index (χ4v) is 2.26. The van der Waals surface area contributed by atoms with Crippen molar-refractivity contribution in [2.45, 2.75) is 26.3 Å². The molecule has 0 atom stereocenters. The Balaban J connectivity index is 1.85. The van der Waals surface area contributed by atoms with Gasteiger partial charge in [0.1, 0.15) is 10.7 Å². The molecular weight excluding hydrogens is 314 g/mol. The van der Waals surface area contributed by atoms with Gasteiger partial charge < -0.3 is 10.1 Å². The van der Waals surface area contributed by atoms with E-state index < -0.39 is 0 Å². The van der Waals surface area contributed by atoms with Gasteiger partial charge in [-0.3, -0.25) is 0 Å². The van der Waals surface area contributed by atoms with Gasteiger partial charge in [0.15, 0.2) is 0 Å². The zero-order valence-electron chi connectivity index (χ0n) is 12.6. The van der Waals surface area contributed by atoms with Crippen molar-refractivity contribution in [1.82, 2.24) is 5.32 Å². The third kappa shape index (κ3) is 5.32. The zero-order chi connectivity index (χ0) is 15.8. The van der Waals surface area contributed by atoms with Crippen LogP contribution in [0.15, 0.2) is 48.5 Å². The van der Waals surface area contributed by atoms with Gasteiger partial charge >= 0.3 is 0 Å². The summed E-state index contributed by atoms with van der Waals surface area (Å²) in [4.78, 5) is 0.732. The molecule has 0 aliphatic rings. The van der Waals surface area contributed by atoms with E-state index in [-0.39, 0.29) is 0 Å². The van der Waals surface area contributed by atoms with Crippen LogP contribution in [-0.4, -0.2) is 11.6 Å². The largest absolute Gasteiger partial charge is 0.494 e. The van der Waals surface area contributed by atoms with Gasteiger partial charge in [0.25, 0.3) is 0 Å². The minimum atomic E-state index is 0.685. The third-order valence-corrected chi connectivity index (χ3v) is 3.88. The molecule has 2 aromatic carbocycles. The highest BCUT2D eigenvalue weighted by molar-refractivity contribution is 7.80. The standard InChI is InChI=1S/C18H20ClNOS/c1-2-3-12-21-17-10-6-15(7-11-17)18(22)20-13-14-4-8-16(19)9-5-14/h4-11H,2-3,12-13H2,1H3,(H,20,22). The topological polar surface area (TPSA) is 21.3 Å². The minimum Gasteiger partial charge on any atom is -0.494 e. The van der Waals surface area contributed by atoms with E-state index in [0.717, 1.165) is 46.3 Å². The molecule has 4 heteroatoms. The van der Waals surface area contributed by atoms with Crippen LogP contribution in [0.4, 0.5) is 0 Å². The lowest BCUT2D eigenvalue weighted by molar-refractivity contribution is 0.309. The van der Waals surface area contributed by atoms with Gasteiger partial charge in [0.2, 0.25) is 0 Å². The van der Waals surface area contributed by atoms with Crippen molar-refractivity contribution in [2.75, 3.05) is 6.61 Å². The fraction of sp³-hybridized carbons (Fsp3) is 0.278. The Hall–Kier alpha value is -1.58. The predicted molar refractivity (Wildman–Crippen MR) is 96.8 cm³/mol. The molecule has 0 aliphatic heterocycles. The van der Waals surface area contributed by atoms with E-state index in [1.54, 1.807) is 0 Å². The van der Waals surface area contributed by atoms with Gasteiger partial charge in [-0.25, -0.2) is 0 Å². The van der Waals surface area contributed by atoms with Gasteiger partial charge in [-0.15, -0.1) is 0 Å². The second kappa shape index (κ2) is 8.76. The summed E-state index contributed by atoms with van der Waals surface area (Å²) in [5, 5.41) is 3.99. The first-order valence-electron chi connectivity index (χ1n) is 7.44. The summed E-state index contributed by atoms with van der Waals surface area (Å²) < 4.78 is 5.65. The molecule has 0 spiro atoms. The lowest BCUT2D eigenvalue weighted by atomic mass is 10.2. The van der Waals surface area contributed by atoms with E-state index >= 15 is 0 Å². The van der Waals surface area contributed by atoms with Crippen molar-refractivity contribution in [2.24, 2.45) is 0 Å². The fourth-order valence-electron chi connectivity index (χ4n) is 1.92. The molecule has 2 nitrogen and oxygen atoms in total.